The van der Waals surface area contributed by atoms with E-state index in [2.05, 4.69) is 139 Å². The van der Waals surface area contributed by atoms with E-state index in [0.717, 1.165) is 81.6 Å². The maximum atomic E-state index is 12.5. The summed E-state index contributed by atoms with van der Waals surface area (Å²) in [6.45, 7) is 16.7. The molecule has 1 saturated heterocycles. The second-order valence-electron chi connectivity index (χ2n) is 23.8. The monoisotopic (exact) mass is 1450 g/mol. The van der Waals surface area contributed by atoms with Gasteiger partial charge in [0.05, 0.1) is 74.0 Å². The van der Waals surface area contributed by atoms with Crippen LogP contribution in [-0.4, -0.2) is 123 Å². The molecule has 0 unspecified atom stereocenters. The van der Waals surface area contributed by atoms with Crippen molar-refractivity contribution < 1.29 is 33.3 Å². The molecule has 512 valence electrons. The molecule has 1 aliphatic heterocycles. The molecule has 98 heavy (non-hydrogen) atoms. The molecule has 11 aromatic rings. The van der Waals surface area contributed by atoms with E-state index < -0.39 is 15.7 Å². The summed E-state index contributed by atoms with van der Waals surface area (Å²) in [5.74, 6) is 1.16. The minimum absolute atomic E-state index is 0.00197. The number of sulfone groups is 1. The molecule has 0 spiro atoms. The fraction of sp³-hybridized carbons (Fsp3) is 0.286. The molecule has 24 nitrogen and oxygen atoms in total. The molecule has 2 amide bonds. The van der Waals surface area contributed by atoms with Crippen molar-refractivity contribution in [2.75, 3.05) is 41.9 Å². The van der Waals surface area contributed by atoms with Crippen molar-refractivity contribution in [3.05, 3.63) is 200 Å². The number of phenols is 1. The Morgan fingerprint density at radius 3 is 2.22 bits per heavy atom. The molecule has 12 rings (SSSR count). The molecule has 1 atom stereocenters. The number of amides is 2. The van der Waals surface area contributed by atoms with Gasteiger partial charge in [-0.05, 0) is 158 Å². The molecule has 28 heteroatoms. The first-order chi connectivity index (χ1) is 47.0. The fourth-order valence-corrected chi connectivity index (χ4v) is 12.1. The summed E-state index contributed by atoms with van der Waals surface area (Å²) in [4.78, 5) is 50.8. The van der Waals surface area contributed by atoms with Crippen LogP contribution in [0.1, 0.15) is 115 Å². The Labute approximate surface area is 586 Å². The Kier molecular flexibility index (Phi) is 24.9. The molecule has 0 radical (unpaired) electrons. The summed E-state index contributed by atoms with van der Waals surface area (Å²) in [5, 5.41) is 60.7. The average Bonchev–Trinajstić information content (AvgIpc) is 1.66. The summed E-state index contributed by atoms with van der Waals surface area (Å²) in [7, 11) is -3.18. The van der Waals surface area contributed by atoms with Gasteiger partial charge in [0.1, 0.15) is 17.3 Å². The maximum Gasteiger partial charge on any atom is 0.271 e. The predicted molar refractivity (Wildman–Crippen MR) is 388 cm³/mol. The van der Waals surface area contributed by atoms with E-state index in [0.29, 0.717) is 52.7 Å². The summed E-state index contributed by atoms with van der Waals surface area (Å²) < 4.78 is 28.3. The van der Waals surface area contributed by atoms with Crippen LogP contribution in [0.3, 0.4) is 0 Å². The Morgan fingerprint density at radius 2 is 1.55 bits per heavy atom. The van der Waals surface area contributed by atoms with Crippen molar-refractivity contribution >= 4 is 112 Å². The lowest BCUT2D eigenvalue weighted by Crippen LogP contribution is -2.43. The number of nitrogens with one attached hydrogen (secondary N) is 7. The molecule has 0 aliphatic carbocycles. The number of halogens is 3. The number of imidazole rings is 1. The van der Waals surface area contributed by atoms with Gasteiger partial charge in [-0.3, -0.25) is 14.7 Å². The number of carbonyl (C=O) groups excluding carboxylic acids is 2. The van der Waals surface area contributed by atoms with Gasteiger partial charge in [-0.25, -0.2) is 23.4 Å². The zero-order valence-electron chi connectivity index (χ0n) is 55.3. The predicted octanol–water partition coefficient (Wildman–Crippen LogP) is 14.5. The van der Waals surface area contributed by atoms with E-state index in [4.69, 9.17) is 28.2 Å². The number of para-hydroxylation sites is 1. The number of azo groups is 1. The topological polar surface area (TPSA) is 333 Å². The average molecular weight is 1450 g/mol. The zero-order chi connectivity index (χ0) is 70.2. The van der Waals surface area contributed by atoms with Crippen molar-refractivity contribution in [2.45, 2.75) is 110 Å². The number of fused-ring (bicyclic) bond motifs is 2. The molecular formula is C70H78BrCl2N17O7S. The first kappa shape index (κ1) is 72.7. The third kappa shape index (κ3) is 19.0. The van der Waals surface area contributed by atoms with Crippen molar-refractivity contribution in [2.24, 2.45) is 10.2 Å². The molecule has 0 saturated carbocycles. The lowest BCUT2D eigenvalue weighted by Gasteiger charge is -2.23. The van der Waals surface area contributed by atoms with E-state index >= 15 is 0 Å². The number of anilines is 3. The van der Waals surface area contributed by atoms with Crippen molar-refractivity contribution in [1.29, 1.82) is 0 Å². The fourth-order valence-electron chi connectivity index (χ4n) is 10.5. The van der Waals surface area contributed by atoms with Gasteiger partial charge < -0.3 is 56.0 Å². The largest absolute Gasteiger partial charge is 0.508 e. The number of phenolic OH excluding ortho intramolecular Hbond substituents is 1. The number of aromatic amines is 2. The van der Waals surface area contributed by atoms with Crippen LogP contribution in [0.2, 0.25) is 10.0 Å². The highest BCUT2D eigenvalue weighted by Crippen LogP contribution is 2.38. The van der Waals surface area contributed by atoms with Crippen LogP contribution in [0.15, 0.2) is 166 Å². The Balaban J connectivity index is 0.000000154. The molecule has 7 heterocycles. The Hall–Kier alpha value is -9.57. The number of nitrogens with zero attached hydrogens (tertiary/aromatic N) is 10. The molecule has 1 fully saturated rings. The minimum atomic E-state index is -3.18. The Morgan fingerprint density at radius 1 is 0.827 bits per heavy atom. The number of rotatable bonds is 19. The van der Waals surface area contributed by atoms with Gasteiger partial charge in [0.2, 0.25) is 11.8 Å². The summed E-state index contributed by atoms with van der Waals surface area (Å²) in [6.07, 6.45) is 9.13. The maximum absolute atomic E-state index is 12.5. The number of hydrogen-bond acceptors (Lipinski definition) is 18. The number of aliphatic hydroxyl groups is 1. The van der Waals surface area contributed by atoms with Crippen LogP contribution < -0.4 is 26.6 Å². The number of aryl methyl sites for hydroxylation is 2. The van der Waals surface area contributed by atoms with E-state index in [1.807, 2.05) is 91.2 Å². The van der Waals surface area contributed by atoms with Crippen LogP contribution in [0.5, 0.6) is 11.6 Å². The molecule has 1 aliphatic rings. The third-order valence-electron chi connectivity index (χ3n) is 15.8. The van der Waals surface area contributed by atoms with Gasteiger partial charge in [0.25, 0.3) is 11.8 Å². The number of aromatic hydroxyl groups is 2. The number of carbonyl (C=O) groups is 2. The lowest BCUT2D eigenvalue weighted by molar-refractivity contribution is 0.0925. The van der Waals surface area contributed by atoms with E-state index in [1.165, 1.54) is 23.7 Å². The molecule has 6 aromatic heterocycles. The van der Waals surface area contributed by atoms with Gasteiger partial charge in [-0.2, -0.15) is 20.2 Å². The highest BCUT2D eigenvalue weighted by molar-refractivity contribution is 9.10. The summed E-state index contributed by atoms with van der Waals surface area (Å²) >= 11 is 15.5. The standard InChI is InChI=1S/C20H23N3O2S.C19H26N6O2.C16H17Cl2N5O2.C15H12BrN3O/c1-14(2)23-15(3)5-10-19(23)18-11-12-21-20(22-18)13-16-6-8-17(9-7-16)26(4,24)25;1-4-14(10-26)22-19-23-17(20-9-13-7-5-6-8-15(13)27)16-18(24-19)25(11-21-16)12(2)3;17-10-2-1-3-11(18)13(10)15(24)22-12-8-20-23-14(12)16(25)21-9-4-6-19-7-5-9;1-9-2-5-11(6-3-9)18-19-14-12-7-4-10(16)8-13(12)17-15(14)20/h5-12,14H,13H2,1-4H3;5-8,11-12,14,26-27H,4,9-10H2,1-3H3,(H2,20,22,23,24);1-3,8-9,19H,4-7H2,(H,20,23)(H,21,25)(H,22,24);2-8,17,20H,1H3/t;14-;;/m.1../s1. The van der Waals surface area contributed by atoms with Gasteiger partial charge in [-0.1, -0.05) is 100 Å². The number of aliphatic hydroxyl groups excluding tert-OH is 1. The number of H-pyrrole nitrogens is 2. The zero-order valence-corrected chi connectivity index (χ0v) is 59.2. The van der Waals surface area contributed by atoms with Crippen molar-refractivity contribution in [3.63, 3.8) is 0 Å². The second kappa shape index (κ2) is 33.6. The number of hydrogen-bond donors (Lipinski definition) is 10. The molecular weight excluding hydrogens is 1370 g/mol. The second-order valence-corrected chi connectivity index (χ2v) is 27.5. The van der Waals surface area contributed by atoms with Crippen molar-refractivity contribution in [3.8, 4) is 23.0 Å². The van der Waals surface area contributed by atoms with Crippen LogP contribution in [0.25, 0.3) is 33.5 Å². The van der Waals surface area contributed by atoms with Gasteiger partial charge in [0, 0.05) is 64.7 Å². The quantitative estimate of drug-likeness (QED) is 0.0336. The first-order valence-corrected chi connectivity index (χ1v) is 35.1. The lowest BCUT2D eigenvalue weighted by atomic mass is 10.1. The molecule has 5 aromatic carbocycles. The molecule has 0 bridgehead atoms. The highest BCUT2D eigenvalue weighted by atomic mass is 79.9. The van der Waals surface area contributed by atoms with E-state index in [-0.39, 0.29) is 69.3 Å². The van der Waals surface area contributed by atoms with Crippen LogP contribution in [0.4, 0.5) is 28.8 Å². The number of aromatic nitrogens is 10. The normalized spacial score (nSPS) is 12.8. The van der Waals surface area contributed by atoms with Crippen LogP contribution >= 0.6 is 39.1 Å². The van der Waals surface area contributed by atoms with Crippen molar-refractivity contribution in [1.82, 2.24) is 59.9 Å². The number of piperidine rings is 1. The van der Waals surface area contributed by atoms with Gasteiger partial charge >= 0.3 is 0 Å². The van der Waals surface area contributed by atoms with Crippen LogP contribution in [0, 0.1) is 13.8 Å². The smallest absolute Gasteiger partial charge is 0.271 e. The van der Waals surface area contributed by atoms with E-state index in [1.54, 1.807) is 55.0 Å². The SMILES string of the molecule is CC[C@H](CO)Nc1nc(NCc2ccccc2O)c2ncn(C(C)C)c2n1.Cc1ccc(-c2ccnc(Cc3ccc(S(C)(=O)=O)cc3)n2)n1C(C)C.Cc1ccc(N=Nc2c(O)[nH]c3cc(Br)ccc23)cc1.O=C(NC1CCNCC1)c1[nH]ncc1NC(=O)c1c(Cl)cccc1Cl. The number of benzene rings is 5. The molecule has 10 N–H and O–H groups in total. The first-order valence-electron chi connectivity index (χ1n) is 31.7. The van der Waals surface area contributed by atoms with Gasteiger partial charge in [-0.15, -0.1) is 5.11 Å². The third-order valence-corrected chi connectivity index (χ3v) is 18.0. The van der Waals surface area contributed by atoms with Crippen LogP contribution in [-0.2, 0) is 22.8 Å². The summed E-state index contributed by atoms with van der Waals surface area (Å²) in [6, 6.07) is 38.9. The Bertz CT molecular complexity index is 4660. The van der Waals surface area contributed by atoms with E-state index in [9.17, 15) is 33.3 Å². The van der Waals surface area contributed by atoms with Gasteiger partial charge in [0.15, 0.2) is 32.5 Å². The minimum Gasteiger partial charge on any atom is -0.508 e. The summed E-state index contributed by atoms with van der Waals surface area (Å²) in [5.41, 5.74) is 10.1. The highest BCUT2D eigenvalue weighted by Gasteiger charge is 2.24.